The van der Waals surface area contributed by atoms with Crippen molar-refractivity contribution in [1.29, 1.82) is 0 Å². The van der Waals surface area contributed by atoms with Crippen molar-refractivity contribution in [2.45, 2.75) is 64.7 Å². The van der Waals surface area contributed by atoms with Gasteiger partial charge in [-0.1, -0.05) is 12.1 Å². The van der Waals surface area contributed by atoms with Crippen LogP contribution in [0.5, 0.6) is 5.75 Å². The van der Waals surface area contributed by atoms with Gasteiger partial charge in [0.05, 0.1) is 33.0 Å². The Labute approximate surface area is 205 Å². The molecule has 2 heterocycles. The molecule has 0 saturated carbocycles. The maximum atomic E-state index is 13.0. The Balaban J connectivity index is 1.72. The van der Waals surface area contributed by atoms with E-state index in [1.54, 1.807) is 30.6 Å². The average Bonchev–Trinajstić information content (AvgIpc) is 3.08. The molecule has 0 unspecified atom stereocenters. The van der Waals surface area contributed by atoms with Gasteiger partial charge in [-0.15, -0.1) is 23.5 Å². The third kappa shape index (κ3) is 6.82. The van der Waals surface area contributed by atoms with Crippen LogP contribution in [0.2, 0.25) is 0 Å². The van der Waals surface area contributed by atoms with Crippen molar-refractivity contribution in [3.8, 4) is 5.75 Å². The molecule has 2 aliphatic rings. The highest BCUT2D eigenvalue weighted by molar-refractivity contribution is 8.10. The van der Waals surface area contributed by atoms with E-state index in [4.69, 9.17) is 18.9 Å². The normalized spacial score (nSPS) is 21.8. The molecule has 1 saturated heterocycles. The molecular weight excluding hydrogens is 462 g/mol. The Morgan fingerprint density at radius 1 is 1.21 bits per heavy atom. The first-order chi connectivity index (χ1) is 15.5. The number of methoxy groups -OCH3 is 1. The van der Waals surface area contributed by atoms with Crippen molar-refractivity contribution < 1.29 is 28.8 Å². The smallest absolute Gasteiger partial charge is 0.413 e. The number of aliphatic hydroxyl groups is 1. The van der Waals surface area contributed by atoms with Gasteiger partial charge in [0.2, 0.25) is 0 Å². The van der Waals surface area contributed by atoms with Crippen LogP contribution >= 0.6 is 23.5 Å². The lowest BCUT2D eigenvalue weighted by molar-refractivity contribution is -0.0662. The molecule has 0 spiro atoms. The van der Waals surface area contributed by atoms with Gasteiger partial charge in [-0.05, 0) is 52.3 Å². The van der Waals surface area contributed by atoms with Crippen molar-refractivity contribution in [2.75, 3.05) is 31.8 Å². The Kier molecular flexibility index (Phi) is 8.66. The average molecular weight is 498 g/mol. The van der Waals surface area contributed by atoms with Crippen LogP contribution in [0.4, 0.5) is 4.79 Å². The van der Waals surface area contributed by atoms with Gasteiger partial charge in [0.25, 0.3) is 0 Å². The molecule has 0 aliphatic carbocycles. The number of rotatable bonds is 7. The van der Waals surface area contributed by atoms with E-state index in [0.717, 1.165) is 32.6 Å². The van der Waals surface area contributed by atoms with Crippen molar-refractivity contribution in [3.63, 3.8) is 0 Å². The van der Waals surface area contributed by atoms with Crippen LogP contribution in [0.1, 0.15) is 40.2 Å². The minimum absolute atomic E-state index is 0.238. The van der Waals surface area contributed by atoms with Gasteiger partial charge in [-0.3, -0.25) is 4.90 Å². The number of carbonyl (C=O) groups excluding carboxylic acids is 1. The van der Waals surface area contributed by atoms with Crippen LogP contribution in [-0.2, 0) is 20.8 Å². The van der Waals surface area contributed by atoms with E-state index in [-0.39, 0.29) is 6.61 Å². The molecule has 2 atom stereocenters. The van der Waals surface area contributed by atoms with E-state index < -0.39 is 29.6 Å². The second-order valence-electron chi connectivity index (χ2n) is 9.45. The zero-order valence-electron chi connectivity index (χ0n) is 20.3. The first-order valence-electron chi connectivity index (χ1n) is 11.1. The van der Waals surface area contributed by atoms with Crippen molar-refractivity contribution in [2.24, 2.45) is 0 Å². The van der Waals surface area contributed by atoms with Gasteiger partial charge >= 0.3 is 6.09 Å². The molecule has 1 aromatic carbocycles. The summed E-state index contributed by atoms with van der Waals surface area (Å²) in [5, 5.41) is 11.4. The number of ether oxygens (including phenoxy) is 4. The molecule has 0 radical (unpaired) electrons. The molecular formula is C24H35NO6S2. The largest absolute Gasteiger partial charge is 0.497 e. The molecule has 184 valence electrons. The van der Waals surface area contributed by atoms with Gasteiger partial charge in [0.1, 0.15) is 23.2 Å². The summed E-state index contributed by atoms with van der Waals surface area (Å²) in [5.74, 6) is 2.65. The summed E-state index contributed by atoms with van der Waals surface area (Å²) in [7, 11) is 1.64. The molecule has 1 aromatic rings. The van der Waals surface area contributed by atoms with Gasteiger partial charge in [-0.25, -0.2) is 4.79 Å². The fraction of sp³-hybridized carbons (Fsp3) is 0.625. The summed E-state index contributed by atoms with van der Waals surface area (Å²) in [4.78, 5) is 16.4. The number of benzene rings is 1. The minimum atomic E-state index is -0.878. The summed E-state index contributed by atoms with van der Waals surface area (Å²) < 4.78 is 22.7. The highest BCUT2D eigenvalue weighted by Crippen LogP contribution is 2.41. The molecule has 1 amide bonds. The lowest BCUT2D eigenvalue weighted by Crippen LogP contribution is -2.53. The summed E-state index contributed by atoms with van der Waals surface area (Å²) in [6, 6.07) is 7.23. The van der Waals surface area contributed by atoms with Crippen LogP contribution < -0.4 is 4.74 Å². The molecule has 33 heavy (non-hydrogen) atoms. The molecule has 1 N–H and O–H groups in total. The van der Waals surface area contributed by atoms with E-state index in [9.17, 15) is 9.90 Å². The van der Waals surface area contributed by atoms with Gasteiger partial charge in [-0.2, -0.15) is 0 Å². The number of thioether (sulfide) groups is 2. The number of carbonyl (C=O) groups is 1. The second kappa shape index (κ2) is 10.9. The van der Waals surface area contributed by atoms with Gasteiger partial charge in [0, 0.05) is 21.3 Å². The predicted molar refractivity (Wildman–Crippen MR) is 132 cm³/mol. The summed E-state index contributed by atoms with van der Waals surface area (Å²) >= 11 is 3.32. The number of aliphatic hydroxyl groups excluding tert-OH is 1. The van der Waals surface area contributed by atoms with E-state index >= 15 is 0 Å². The Hall–Kier alpha value is -1.39. The maximum absolute atomic E-state index is 13.0. The highest BCUT2D eigenvalue weighted by atomic mass is 32.2. The Morgan fingerprint density at radius 3 is 2.52 bits per heavy atom. The van der Waals surface area contributed by atoms with Crippen LogP contribution in [0.15, 0.2) is 34.1 Å². The lowest BCUT2D eigenvalue weighted by atomic mass is 10.1. The first kappa shape index (κ1) is 26.2. The van der Waals surface area contributed by atoms with E-state index in [0.29, 0.717) is 13.2 Å². The van der Waals surface area contributed by atoms with E-state index in [1.807, 2.05) is 58.9 Å². The number of hydrogen-bond acceptors (Lipinski definition) is 8. The van der Waals surface area contributed by atoms with Crippen LogP contribution in [0.25, 0.3) is 0 Å². The third-order valence-corrected chi connectivity index (χ3v) is 7.98. The quantitative estimate of drug-likeness (QED) is 0.584. The van der Waals surface area contributed by atoms with Crippen molar-refractivity contribution in [3.05, 3.63) is 39.6 Å². The van der Waals surface area contributed by atoms with Crippen molar-refractivity contribution in [1.82, 2.24) is 4.90 Å². The monoisotopic (exact) mass is 497 g/mol. The number of hydrogen-bond donors (Lipinski definition) is 1. The maximum Gasteiger partial charge on any atom is 0.413 e. The topological polar surface area (TPSA) is 77.5 Å². The summed E-state index contributed by atoms with van der Waals surface area (Å²) in [6.45, 7) is 10.2. The molecule has 9 heteroatoms. The molecule has 0 bridgehead atoms. The summed E-state index contributed by atoms with van der Waals surface area (Å²) in [6.07, 6.45) is -1.36. The number of amides is 1. The van der Waals surface area contributed by atoms with Crippen LogP contribution in [0.3, 0.4) is 0 Å². The molecule has 3 rings (SSSR count). The zero-order valence-corrected chi connectivity index (χ0v) is 21.9. The lowest BCUT2D eigenvalue weighted by Gasteiger charge is -2.37. The predicted octanol–water partition coefficient (Wildman–Crippen LogP) is 4.64. The summed E-state index contributed by atoms with van der Waals surface area (Å²) in [5.41, 5.74) is -0.457. The second-order valence-corrected chi connectivity index (χ2v) is 11.8. The Bertz CT molecular complexity index is 850. The fourth-order valence-corrected chi connectivity index (χ4v) is 6.18. The standard InChI is InChI=1S/C24H35NO6S2/c1-23(2,3)31-22(27)25-18(14-30-24(25,4)5)20(26)21-19(32-11-12-33-21)15-29-13-16-7-9-17(28-6)10-8-16/h7-10,18,20,26H,11-15H2,1-6H3/t18-,20+/m0/s1. The Morgan fingerprint density at radius 2 is 1.88 bits per heavy atom. The molecule has 0 aromatic heterocycles. The van der Waals surface area contributed by atoms with Crippen LogP contribution in [-0.4, -0.2) is 71.4 Å². The molecule has 1 fully saturated rings. The minimum Gasteiger partial charge on any atom is -0.497 e. The first-order valence-corrected chi connectivity index (χ1v) is 13.0. The van der Waals surface area contributed by atoms with Crippen molar-refractivity contribution >= 4 is 29.6 Å². The fourth-order valence-electron chi connectivity index (χ4n) is 3.72. The SMILES string of the molecule is COc1ccc(COCC2=C([C@H](O)[C@@H]3COC(C)(C)N3C(=O)OC(C)(C)C)SCCS2)cc1. The zero-order chi connectivity index (χ0) is 24.2. The molecule has 2 aliphatic heterocycles. The number of nitrogens with zero attached hydrogens (tertiary/aromatic N) is 1. The van der Waals surface area contributed by atoms with E-state index in [2.05, 4.69) is 0 Å². The van der Waals surface area contributed by atoms with Gasteiger partial charge < -0.3 is 24.1 Å². The highest BCUT2D eigenvalue weighted by Gasteiger charge is 2.49. The van der Waals surface area contributed by atoms with Gasteiger partial charge in [0.15, 0.2) is 0 Å². The third-order valence-electron chi connectivity index (χ3n) is 5.30. The molecule has 7 nitrogen and oxygen atoms in total. The van der Waals surface area contributed by atoms with Crippen LogP contribution in [0, 0.1) is 0 Å². The van der Waals surface area contributed by atoms with E-state index in [1.165, 1.54) is 4.90 Å².